The number of aromatic amines is 1. The Morgan fingerprint density at radius 1 is 1.44 bits per heavy atom. The Bertz CT molecular complexity index is 480. The molecule has 0 aliphatic carbocycles. The van der Waals surface area contributed by atoms with Crippen LogP contribution < -0.4 is 10.7 Å². The van der Waals surface area contributed by atoms with Crippen LogP contribution in [0.3, 0.4) is 0 Å². The predicted octanol–water partition coefficient (Wildman–Crippen LogP) is 1.76. The minimum Gasteiger partial charge on any atom is -0.364 e. The van der Waals surface area contributed by atoms with Gasteiger partial charge in [-0.2, -0.15) is 13.2 Å². The summed E-state index contributed by atoms with van der Waals surface area (Å²) in [7, 11) is 0. The number of pyridine rings is 1. The second-order valence-corrected chi connectivity index (χ2v) is 3.87. The summed E-state index contributed by atoms with van der Waals surface area (Å²) >= 11 is 0. The molecule has 0 aliphatic heterocycles. The van der Waals surface area contributed by atoms with Gasteiger partial charge in [0.05, 0.1) is 0 Å². The number of carbonyl (C=O) groups excluding carboxylic acids is 1. The third-order valence-electron chi connectivity index (χ3n) is 2.22. The van der Waals surface area contributed by atoms with Crippen LogP contribution in [0.1, 0.15) is 28.9 Å². The molecule has 100 valence electrons. The highest BCUT2D eigenvalue weighted by Crippen LogP contribution is 2.20. The average molecular weight is 262 g/mol. The standard InChI is InChI=1S/C11H13F3N2O2/c1-7-5-9(17)8(6-16-7)10(18)15-4-2-3-11(12,13)14/h5-6H,2-4H2,1H3,(H,15,18)(H,16,17). The lowest BCUT2D eigenvalue weighted by Gasteiger charge is -2.07. The number of halogens is 3. The van der Waals surface area contributed by atoms with E-state index in [0.717, 1.165) is 0 Å². The van der Waals surface area contributed by atoms with E-state index in [-0.39, 0.29) is 18.5 Å². The number of hydrogen-bond acceptors (Lipinski definition) is 2. The third-order valence-corrected chi connectivity index (χ3v) is 2.22. The fourth-order valence-corrected chi connectivity index (χ4v) is 1.34. The first kappa shape index (κ1) is 14.3. The summed E-state index contributed by atoms with van der Waals surface area (Å²) in [5, 5.41) is 2.27. The van der Waals surface area contributed by atoms with Crippen LogP contribution in [0.15, 0.2) is 17.1 Å². The first-order valence-corrected chi connectivity index (χ1v) is 5.34. The Balaban J connectivity index is 2.49. The molecule has 7 heteroatoms. The highest BCUT2D eigenvalue weighted by molar-refractivity contribution is 5.93. The normalized spacial score (nSPS) is 11.3. The fraction of sp³-hybridized carbons (Fsp3) is 0.455. The smallest absolute Gasteiger partial charge is 0.364 e. The van der Waals surface area contributed by atoms with E-state index >= 15 is 0 Å². The zero-order chi connectivity index (χ0) is 13.8. The summed E-state index contributed by atoms with van der Waals surface area (Å²) in [4.78, 5) is 25.6. The van der Waals surface area contributed by atoms with Gasteiger partial charge in [0.1, 0.15) is 5.56 Å². The van der Waals surface area contributed by atoms with Gasteiger partial charge in [-0.1, -0.05) is 0 Å². The van der Waals surface area contributed by atoms with Gasteiger partial charge in [0, 0.05) is 30.9 Å². The molecule has 0 radical (unpaired) electrons. The molecule has 1 rings (SSSR count). The molecule has 18 heavy (non-hydrogen) atoms. The molecule has 0 aromatic carbocycles. The molecule has 0 saturated heterocycles. The fourth-order valence-electron chi connectivity index (χ4n) is 1.34. The molecule has 0 bridgehead atoms. The van der Waals surface area contributed by atoms with Gasteiger partial charge in [-0.15, -0.1) is 0 Å². The molecule has 2 N–H and O–H groups in total. The van der Waals surface area contributed by atoms with Crippen LogP contribution in [0.25, 0.3) is 0 Å². The van der Waals surface area contributed by atoms with Gasteiger partial charge in [-0.25, -0.2) is 0 Å². The van der Waals surface area contributed by atoms with E-state index in [9.17, 15) is 22.8 Å². The van der Waals surface area contributed by atoms with Crippen molar-refractivity contribution in [1.29, 1.82) is 0 Å². The van der Waals surface area contributed by atoms with Crippen molar-refractivity contribution >= 4 is 5.91 Å². The van der Waals surface area contributed by atoms with Crippen molar-refractivity contribution in [3.05, 3.63) is 33.7 Å². The van der Waals surface area contributed by atoms with Crippen molar-refractivity contribution in [2.24, 2.45) is 0 Å². The first-order valence-electron chi connectivity index (χ1n) is 5.34. The van der Waals surface area contributed by atoms with Crippen molar-refractivity contribution in [2.45, 2.75) is 25.9 Å². The summed E-state index contributed by atoms with van der Waals surface area (Å²) < 4.78 is 35.5. The second-order valence-electron chi connectivity index (χ2n) is 3.87. The number of aryl methyl sites for hydroxylation is 1. The lowest BCUT2D eigenvalue weighted by atomic mass is 10.2. The van der Waals surface area contributed by atoms with Crippen LogP contribution >= 0.6 is 0 Å². The maximum atomic E-state index is 11.8. The van der Waals surface area contributed by atoms with Crippen LogP contribution in [-0.4, -0.2) is 23.6 Å². The van der Waals surface area contributed by atoms with Crippen LogP contribution in [0.2, 0.25) is 0 Å². The number of aromatic nitrogens is 1. The molecule has 0 spiro atoms. The summed E-state index contributed by atoms with van der Waals surface area (Å²) in [6.45, 7) is 1.54. The predicted molar refractivity (Wildman–Crippen MR) is 59.4 cm³/mol. The average Bonchev–Trinajstić information content (AvgIpc) is 2.22. The Kier molecular flexibility index (Phi) is 4.52. The van der Waals surface area contributed by atoms with Gasteiger partial charge < -0.3 is 10.3 Å². The van der Waals surface area contributed by atoms with Gasteiger partial charge >= 0.3 is 6.18 Å². The number of nitrogens with one attached hydrogen (secondary N) is 2. The Labute approximate surface area is 101 Å². The van der Waals surface area contributed by atoms with E-state index in [4.69, 9.17) is 0 Å². The Morgan fingerprint density at radius 3 is 2.67 bits per heavy atom. The Morgan fingerprint density at radius 2 is 2.11 bits per heavy atom. The summed E-state index contributed by atoms with van der Waals surface area (Å²) in [6, 6.07) is 1.25. The van der Waals surface area contributed by atoms with E-state index in [1.165, 1.54) is 12.3 Å². The molecular weight excluding hydrogens is 249 g/mol. The highest BCUT2D eigenvalue weighted by atomic mass is 19.4. The quantitative estimate of drug-likeness (QED) is 0.812. The SMILES string of the molecule is Cc1cc(=O)c(C(=O)NCCCC(F)(F)F)c[nH]1. The number of rotatable bonds is 4. The van der Waals surface area contributed by atoms with E-state index in [1.54, 1.807) is 6.92 Å². The third kappa shape index (κ3) is 4.60. The largest absolute Gasteiger partial charge is 0.389 e. The van der Waals surface area contributed by atoms with E-state index in [1.807, 2.05) is 0 Å². The molecule has 1 amide bonds. The van der Waals surface area contributed by atoms with E-state index in [2.05, 4.69) is 10.3 Å². The lowest BCUT2D eigenvalue weighted by Crippen LogP contribution is -2.30. The molecule has 1 aromatic heterocycles. The Hall–Kier alpha value is -1.79. The van der Waals surface area contributed by atoms with E-state index in [0.29, 0.717) is 5.69 Å². The zero-order valence-corrected chi connectivity index (χ0v) is 9.73. The van der Waals surface area contributed by atoms with Crippen molar-refractivity contribution in [2.75, 3.05) is 6.54 Å². The summed E-state index contributed by atoms with van der Waals surface area (Å²) in [5.74, 6) is -0.668. The van der Waals surface area contributed by atoms with Gasteiger partial charge in [0.15, 0.2) is 5.43 Å². The molecule has 0 aliphatic rings. The number of carbonyl (C=O) groups is 1. The van der Waals surface area contributed by atoms with Gasteiger partial charge in [0.2, 0.25) is 0 Å². The van der Waals surface area contributed by atoms with Crippen LogP contribution in [0.5, 0.6) is 0 Å². The zero-order valence-electron chi connectivity index (χ0n) is 9.73. The summed E-state index contributed by atoms with van der Waals surface area (Å²) in [6.07, 6.45) is -4.15. The molecule has 0 saturated carbocycles. The molecule has 0 unspecified atom stereocenters. The maximum Gasteiger partial charge on any atom is 0.389 e. The van der Waals surface area contributed by atoms with Crippen LogP contribution in [0, 0.1) is 6.92 Å². The van der Waals surface area contributed by atoms with Gasteiger partial charge in [-0.3, -0.25) is 9.59 Å². The van der Waals surface area contributed by atoms with Crippen LogP contribution in [-0.2, 0) is 0 Å². The molecular formula is C11H13F3N2O2. The second kappa shape index (κ2) is 5.70. The summed E-state index contributed by atoms with van der Waals surface area (Å²) in [5.41, 5.74) is 0.0424. The lowest BCUT2D eigenvalue weighted by molar-refractivity contribution is -0.135. The number of alkyl halides is 3. The first-order chi connectivity index (χ1) is 8.29. The topological polar surface area (TPSA) is 62.0 Å². The minimum atomic E-state index is -4.23. The number of hydrogen-bond donors (Lipinski definition) is 2. The molecule has 0 fully saturated rings. The van der Waals surface area contributed by atoms with E-state index < -0.39 is 23.9 Å². The minimum absolute atomic E-state index is 0.104. The van der Waals surface area contributed by atoms with Crippen LogP contribution in [0.4, 0.5) is 13.2 Å². The van der Waals surface area contributed by atoms with Crippen molar-refractivity contribution in [3.63, 3.8) is 0 Å². The molecule has 1 aromatic rings. The monoisotopic (exact) mass is 262 g/mol. The maximum absolute atomic E-state index is 11.8. The van der Waals surface area contributed by atoms with Gasteiger partial charge in [-0.05, 0) is 13.3 Å². The molecule has 0 atom stereocenters. The molecule has 1 heterocycles. The van der Waals surface area contributed by atoms with Gasteiger partial charge in [0.25, 0.3) is 5.91 Å². The van der Waals surface area contributed by atoms with Crippen molar-refractivity contribution in [1.82, 2.24) is 10.3 Å². The number of H-pyrrole nitrogens is 1. The highest BCUT2D eigenvalue weighted by Gasteiger charge is 2.26. The van der Waals surface area contributed by atoms with Crippen molar-refractivity contribution in [3.8, 4) is 0 Å². The number of amides is 1. The van der Waals surface area contributed by atoms with Crippen molar-refractivity contribution < 1.29 is 18.0 Å². The molecule has 4 nitrogen and oxygen atoms in total.